The molecule has 3 aliphatic rings. The van der Waals surface area contributed by atoms with Gasteiger partial charge in [-0.05, 0) is 18.8 Å². The fraction of sp³-hybridized carbons (Fsp3) is 0.571. The van der Waals surface area contributed by atoms with E-state index in [1.54, 1.807) is 0 Å². The average Bonchev–Trinajstić information content (AvgIpc) is 2.59. The second-order valence-electron chi connectivity index (χ2n) is 3.30. The van der Waals surface area contributed by atoms with E-state index < -0.39 is 11.0 Å². The van der Waals surface area contributed by atoms with Gasteiger partial charge in [0.2, 0.25) is 11.0 Å². The summed E-state index contributed by atoms with van der Waals surface area (Å²) in [7, 11) is 0. The molecule has 0 radical (unpaired) electrons. The normalized spacial score (nSPS) is 27.6. The molecule has 2 aliphatic heterocycles. The number of oxime groups is 2. The summed E-state index contributed by atoms with van der Waals surface area (Å²) in [5, 5.41) is 7.95. The highest BCUT2D eigenvalue weighted by atomic mass is 32.2. The van der Waals surface area contributed by atoms with Crippen molar-refractivity contribution >= 4 is 27.3 Å². The lowest BCUT2D eigenvalue weighted by Gasteiger charge is -2.16. The lowest BCUT2D eigenvalue weighted by atomic mass is 9.88. The molecule has 0 unspecified atom stereocenters. The van der Waals surface area contributed by atoms with Crippen LogP contribution in [0.25, 0.3) is 0 Å². The van der Waals surface area contributed by atoms with Gasteiger partial charge in [0.1, 0.15) is 16.3 Å². The Morgan fingerprint density at radius 1 is 1.25 bits per heavy atom. The molecular formula is C7H8N2O2S. The van der Waals surface area contributed by atoms with Gasteiger partial charge in [0.15, 0.2) is 0 Å². The van der Waals surface area contributed by atoms with E-state index in [4.69, 9.17) is 8.57 Å². The van der Waals surface area contributed by atoms with E-state index in [9.17, 15) is 0 Å². The van der Waals surface area contributed by atoms with Crippen molar-refractivity contribution in [3.8, 4) is 0 Å². The molecule has 1 saturated carbocycles. The minimum absolute atomic E-state index is 0.582. The van der Waals surface area contributed by atoms with Gasteiger partial charge < -0.3 is 0 Å². The summed E-state index contributed by atoms with van der Waals surface area (Å²) >= 11 is -0.582. The van der Waals surface area contributed by atoms with Crippen LogP contribution in [0.4, 0.5) is 0 Å². The maximum atomic E-state index is 5.08. The monoisotopic (exact) mass is 184 g/mol. The topological polar surface area (TPSA) is 43.2 Å². The van der Waals surface area contributed by atoms with Crippen molar-refractivity contribution < 1.29 is 8.57 Å². The molecule has 0 atom stereocenters. The number of hydrogen-bond donors (Lipinski definition) is 0. The highest BCUT2D eigenvalue weighted by Crippen LogP contribution is 2.37. The Bertz CT molecular complexity index is 315. The molecule has 0 amide bonds. The molecule has 0 aromatic heterocycles. The van der Waals surface area contributed by atoms with E-state index in [0.29, 0.717) is 5.92 Å². The smallest absolute Gasteiger partial charge is 0.248 e. The molecular weight excluding hydrogens is 176 g/mol. The largest absolute Gasteiger partial charge is 0.288 e. The maximum Gasteiger partial charge on any atom is 0.248 e. The van der Waals surface area contributed by atoms with Crippen LogP contribution in [0.3, 0.4) is 0 Å². The lowest BCUT2D eigenvalue weighted by Crippen LogP contribution is -2.29. The summed E-state index contributed by atoms with van der Waals surface area (Å²) in [5.41, 5.74) is 2.10. The number of nitrogens with zero attached hydrogens (tertiary/aromatic N) is 2. The van der Waals surface area contributed by atoms with Crippen molar-refractivity contribution in [2.75, 3.05) is 0 Å². The van der Waals surface area contributed by atoms with E-state index in [0.717, 1.165) is 29.1 Å². The van der Waals surface area contributed by atoms with E-state index in [1.165, 1.54) is 0 Å². The van der Waals surface area contributed by atoms with Gasteiger partial charge in [-0.15, -0.1) is 0 Å². The Kier molecular flexibility index (Phi) is 1.16. The van der Waals surface area contributed by atoms with Crippen molar-refractivity contribution in [1.29, 1.82) is 0 Å². The van der Waals surface area contributed by atoms with Crippen LogP contribution < -0.4 is 0 Å². The van der Waals surface area contributed by atoms with Gasteiger partial charge in [0.05, 0.1) is 0 Å². The standard InChI is InChI=1S/C7H8N2O2S/c1-4-2-5-7-6(3-4)9-11-12(7)10-8-5/h4H,2-3H2,1H3. The average molecular weight is 184 g/mol. The van der Waals surface area contributed by atoms with Gasteiger partial charge in [-0.1, -0.05) is 17.2 Å². The van der Waals surface area contributed by atoms with Crippen molar-refractivity contribution in [2.24, 2.45) is 16.2 Å². The molecule has 0 saturated heterocycles. The molecule has 0 spiro atoms. The fourth-order valence-corrected chi connectivity index (χ4v) is 2.80. The van der Waals surface area contributed by atoms with Crippen LogP contribution in [0, 0.1) is 5.92 Å². The highest BCUT2D eigenvalue weighted by Gasteiger charge is 2.37. The van der Waals surface area contributed by atoms with Crippen LogP contribution in [0.5, 0.6) is 0 Å². The van der Waals surface area contributed by atoms with Gasteiger partial charge in [-0.2, -0.15) is 0 Å². The summed E-state index contributed by atoms with van der Waals surface area (Å²) < 4.78 is 10.2. The molecule has 0 aromatic carbocycles. The van der Waals surface area contributed by atoms with Crippen LogP contribution in [0.15, 0.2) is 10.3 Å². The predicted molar refractivity (Wildman–Crippen MR) is 48.0 cm³/mol. The Hall–Kier alpha value is -0.840. The number of hydrogen-bond acceptors (Lipinski definition) is 4. The zero-order chi connectivity index (χ0) is 8.13. The first-order valence-corrected chi connectivity index (χ1v) is 5.03. The molecule has 12 heavy (non-hydrogen) atoms. The van der Waals surface area contributed by atoms with Gasteiger partial charge >= 0.3 is 0 Å². The van der Waals surface area contributed by atoms with Crippen molar-refractivity contribution in [2.45, 2.75) is 19.8 Å². The molecule has 0 aromatic rings. The van der Waals surface area contributed by atoms with Gasteiger partial charge in [0, 0.05) is 0 Å². The summed E-state index contributed by atoms with van der Waals surface area (Å²) in [5.74, 6) is 0.611. The van der Waals surface area contributed by atoms with Gasteiger partial charge in [0.25, 0.3) is 0 Å². The lowest BCUT2D eigenvalue weighted by molar-refractivity contribution is 0.307. The Morgan fingerprint density at radius 2 is 1.83 bits per heavy atom. The Balaban J connectivity index is 2.10. The van der Waals surface area contributed by atoms with E-state index in [-0.39, 0.29) is 0 Å². The third kappa shape index (κ3) is 0.717. The molecule has 0 N–H and O–H groups in total. The first-order chi connectivity index (χ1) is 5.84. The van der Waals surface area contributed by atoms with E-state index in [1.807, 2.05) is 0 Å². The molecule has 64 valence electrons. The third-order valence-electron chi connectivity index (χ3n) is 2.20. The van der Waals surface area contributed by atoms with Gasteiger partial charge in [-0.3, -0.25) is 8.57 Å². The molecule has 3 rings (SSSR count). The molecule has 4 nitrogen and oxygen atoms in total. The van der Waals surface area contributed by atoms with Gasteiger partial charge in [-0.25, -0.2) is 0 Å². The van der Waals surface area contributed by atoms with Crippen LogP contribution in [0.1, 0.15) is 19.8 Å². The minimum Gasteiger partial charge on any atom is -0.288 e. The summed E-state index contributed by atoms with van der Waals surface area (Å²) in [6.45, 7) is 2.19. The predicted octanol–water partition coefficient (Wildman–Crippen LogP) is 1.46. The van der Waals surface area contributed by atoms with Crippen LogP contribution in [-0.2, 0) is 8.57 Å². The van der Waals surface area contributed by atoms with Crippen LogP contribution in [-0.4, -0.2) is 16.3 Å². The third-order valence-corrected chi connectivity index (χ3v) is 3.43. The Morgan fingerprint density at radius 3 is 2.42 bits per heavy atom. The molecule has 1 aliphatic carbocycles. The number of rotatable bonds is 0. The zero-order valence-corrected chi connectivity index (χ0v) is 7.43. The zero-order valence-electron chi connectivity index (χ0n) is 6.61. The van der Waals surface area contributed by atoms with Crippen LogP contribution >= 0.6 is 11.0 Å². The second kappa shape index (κ2) is 2.10. The fourth-order valence-electron chi connectivity index (χ4n) is 1.68. The van der Waals surface area contributed by atoms with Crippen molar-refractivity contribution in [3.63, 3.8) is 0 Å². The van der Waals surface area contributed by atoms with E-state index >= 15 is 0 Å². The summed E-state index contributed by atoms with van der Waals surface area (Å²) in [6.07, 6.45) is 2.00. The minimum atomic E-state index is -0.582. The van der Waals surface area contributed by atoms with Crippen molar-refractivity contribution in [3.05, 3.63) is 0 Å². The molecule has 5 heteroatoms. The van der Waals surface area contributed by atoms with Crippen LogP contribution in [0.2, 0.25) is 0 Å². The van der Waals surface area contributed by atoms with Crippen molar-refractivity contribution in [1.82, 2.24) is 0 Å². The molecule has 2 heterocycles. The quantitative estimate of drug-likeness (QED) is 0.535. The van der Waals surface area contributed by atoms with E-state index in [2.05, 4.69) is 17.2 Å². The molecule has 0 bridgehead atoms. The first-order valence-electron chi connectivity index (χ1n) is 3.95. The Labute approximate surface area is 72.6 Å². The first kappa shape index (κ1) is 6.65. The highest BCUT2D eigenvalue weighted by molar-refractivity contribution is 8.10. The molecule has 1 fully saturated rings. The SMILES string of the molecule is CC1CC2=NOS3=C2C(=NO3)C1. The summed E-state index contributed by atoms with van der Waals surface area (Å²) in [4.78, 5) is 1.12. The maximum absolute atomic E-state index is 5.08. The summed E-state index contributed by atoms with van der Waals surface area (Å²) in [6, 6.07) is 0. The second-order valence-corrected chi connectivity index (χ2v) is 4.48.